The van der Waals surface area contributed by atoms with Crippen molar-refractivity contribution in [2.75, 3.05) is 0 Å². The molecule has 1 saturated heterocycles. The number of nitro benzene ring substituents is 1. The Morgan fingerprint density at radius 1 is 1.05 bits per heavy atom. The van der Waals surface area contributed by atoms with Crippen molar-refractivity contribution in [2.45, 2.75) is 18.8 Å². The Balaban J connectivity index is 2.08. The maximum Gasteiger partial charge on any atom is 0.272 e. The van der Waals surface area contributed by atoms with Crippen molar-refractivity contribution in [2.24, 2.45) is 11.8 Å². The summed E-state index contributed by atoms with van der Waals surface area (Å²) in [5.41, 5.74) is 0.221. The number of nitro groups is 1. The first kappa shape index (κ1) is 13.4. The number of fused-ring (bicyclic) bond motifs is 1. The molecule has 0 spiro atoms. The van der Waals surface area contributed by atoms with Crippen LogP contribution in [0.25, 0.3) is 0 Å². The minimum Gasteiger partial charge on any atom is -0.300 e. The topological polar surface area (TPSA) is 106 Å². The molecule has 0 radical (unpaired) electrons. The molecular formula is C14H12N2O5. The molecule has 1 aliphatic heterocycles. The predicted molar refractivity (Wildman–Crippen MR) is 70.2 cm³/mol. The van der Waals surface area contributed by atoms with E-state index in [0.29, 0.717) is 5.56 Å². The van der Waals surface area contributed by atoms with Crippen LogP contribution in [0.15, 0.2) is 24.3 Å². The number of hydrogen-bond donors (Lipinski definition) is 1. The molecule has 21 heavy (non-hydrogen) atoms. The molecular weight excluding hydrogens is 276 g/mol. The summed E-state index contributed by atoms with van der Waals surface area (Å²) in [4.78, 5) is 46.2. The summed E-state index contributed by atoms with van der Waals surface area (Å²) in [7, 11) is 0. The van der Waals surface area contributed by atoms with Gasteiger partial charge in [-0.05, 0) is 0 Å². The summed E-state index contributed by atoms with van der Waals surface area (Å²) < 4.78 is 0. The summed E-state index contributed by atoms with van der Waals surface area (Å²) in [6.45, 7) is 0. The molecule has 0 unspecified atom stereocenters. The van der Waals surface area contributed by atoms with Crippen LogP contribution < -0.4 is 5.32 Å². The number of carbonyl (C=O) groups excluding carboxylic acids is 3. The van der Waals surface area contributed by atoms with Crippen LogP contribution in [0.3, 0.4) is 0 Å². The van der Waals surface area contributed by atoms with E-state index in [0.717, 1.165) is 0 Å². The van der Waals surface area contributed by atoms with Crippen LogP contribution in [0.4, 0.5) is 5.69 Å². The van der Waals surface area contributed by atoms with Crippen molar-refractivity contribution in [1.29, 1.82) is 0 Å². The number of para-hydroxylation sites is 1. The number of rotatable bonds is 2. The zero-order valence-electron chi connectivity index (χ0n) is 10.9. The summed E-state index contributed by atoms with van der Waals surface area (Å²) in [6, 6.07) is 6.06. The van der Waals surface area contributed by atoms with E-state index in [4.69, 9.17) is 0 Å². The first-order valence-corrected chi connectivity index (χ1v) is 6.58. The number of Topliss-reactive ketones (excluding diaryl/α,β-unsaturated/α-hetero) is 1. The molecule has 7 nitrogen and oxygen atoms in total. The van der Waals surface area contributed by atoms with Gasteiger partial charge >= 0.3 is 0 Å². The Kier molecular flexibility index (Phi) is 3.04. The van der Waals surface area contributed by atoms with E-state index in [2.05, 4.69) is 5.32 Å². The number of carbonyl (C=O) groups is 3. The lowest BCUT2D eigenvalue weighted by atomic mass is 9.69. The van der Waals surface area contributed by atoms with Crippen molar-refractivity contribution in [3.63, 3.8) is 0 Å². The van der Waals surface area contributed by atoms with Gasteiger partial charge in [-0.15, -0.1) is 0 Å². The molecule has 1 heterocycles. The molecule has 1 N–H and O–H groups in total. The van der Waals surface area contributed by atoms with E-state index < -0.39 is 34.5 Å². The second-order valence-electron chi connectivity index (χ2n) is 5.36. The highest BCUT2D eigenvalue weighted by atomic mass is 16.6. The second-order valence-corrected chi connectivity index (χ2v) is 5.36. The third kappa shape index (κ3) is 2.10. The molecule has 1 aromatic rings. The number of imide groups is 1. The number of amides is 2. The predicted octanol–water partition coefficient (Wildman–Crippen LogP) is 0.930. The van der Waals surface area contributed by atoms with Gasteiger partial charge in [0.05, 0.1) is 16.8 Å². The van der Waals surface area contributed by atoms with Crippen molar-refractivity contribution in [3.05, 3.63) is 39.9 Å². The number of nitrogens with zero attached hydrogens (tertiary/aromatic N) is 1. The van der Waals surface area contributed by atoms with Gasteiger partial charge < -0.3 is 0 Å². The summed E-state index contributed by atoms with van der Waals surface area (Å²) in [6.07, 6.45) is 0.0755. The Bertz CT molecular complexity index is 669. The quantitative estimate of drug-likeness (QED) is 0.495. The van der Waals surface area contributed by atoms with Gasteiger partial charge in [0, 0.05) is 30.4 Å². The van der Waals surface area contributed by atoms with E-state index in [-0.39, 0.29) is 24.3 Å². The molecule has 1 aliphatic carbocycles. The highest BCUT2D eigenvalue weighted by molar-refractivity contribution is 6.08. The lowest BCUT2D eigenvalue weighted by Gasteiger charge is -2.29. The molecule has 2 fully saturated rings. The molecule has 108 valence electrons. The average Bonchev–Trinajstić information content (AvgIpc) is 2.73. The molecule has 3 atom stereocenters. The second kappa shape index (κ2) is 4.76. The Hall–Kier alpha value is -2.57. The standard InChI is InChI=1S/C14H12N2O5/c17-7-5-9(8-3-1-2-4-11(8)16(20)21)12-10(6-7)13(18)15-14(12)19/h1-4,9-10,12H,5-6H2,(H,15,18,19)/t9-,10-,12+/m1/s1. The normalized spacial score (nSPS) is 28.2. The average molecular weight is 288 g/mol. The Morgan fingerprint density at radius 3 is 2.43 bits per heavy atom. The van der Waals surface area contributed by atoms with Crippen LogP contribution in [-0.2, 0) is 14.4 Å². The van der Waals surface area contributed by atoms with E-state index >= 15 is 0 Å². The van der Waals surface area contributed by atoms with Crippen molar-refractivity contribution in [3.8, 4) is 0 Å². The van der Waals surface area contributed by atoms with Gasteiger partial charge in [0.25, 0.3) is 5.69 Å². The number of hydrogen-bond acceptors (Lipinski definition) is 5. The van der Waals surface area contributed by atoms with Crippen LogP contribution in [-0.4, -0.2) is 22.5 Å². The van der Waals surface area contributed by atoms with Gasteiger partial charge in [0.15, 0.2) is 0 Å². The van der Waals surface area contributed by atoms with Crippen molar-refractivity contribution in [1.82, 2.24) is 5.32 Å². The zero-order valence-corrected chi connectivity index (χ0v) is 10.9. The van der Waals surface area contributed by atoms with Crippen LogP contribution in [0.1, 0.15) is 24.3 Å². The monoisotopic (exact) mass is 288 g/mol. The Labute approximate surface area is 119 Å². The summed E-state index contributed by atoms with van der Waals surface area (Å²) >= 11 is 0. The van der Waals surface area contributed by atoms with Gasteiger partial charge in [-0.25, -0.2) is 0 Å². The van der Waals surface area contributed by atoms with Crippen LogP contribution in [0.5, 0.6) is 0 Å². The smallest absolute Gasteiger partial charge is 0.272 e. The lowest BCUT2D eigenvalue weighted by molar-refractivity contribution is -0.385. The van der Waals surface area contributed by atoms with E-state index in [9.17, 15) is 24.5 Å². The van der Waals surface area contributed by atoms with E-state index in [1.54, 1.807) is 12.1 Å². The minimum absolute atomic E-state index is 0.0272. The van der Waals surface area contributed by atoms with Gasteiger partial charge in [0.2, 0.25) is 11.8 Å². The fourth-order valence-corrected chi connectivity index (χ4v) is 3.30. The van der Waals surface area contributed by atoms with E-state index in [1.807, 2.05) is 0 Å². The lowest BCUT2D eigenvalue weighted by Crippen LogP contribution is -2.34. The van der Waals surface area contributed by atoms with Gasteiger partial charge in [-0.2, -0.15) is 0 Å². The Morgan fingerprint density at radius 2 is 1.71 bits per heavy atom. The summed E-state index contributed by atoms with van der Waals surface area (Å²) in [5.74, 6) is -3.07. The maximum absolute atomic E-state index is 12.0. The molecule has 0 bridgehead atoms. The number of ketones is 1. The van der Waals surface area contributed by atoms with Crippen molar-refractivity contribution >= 4 is 23.3 Å². The largest absolute Gasteiger partial charge is 0.300 e. The van der Waals surface area contributed by atoms with Crippen LogP contribution >= 0.6 is 0 Å². The van der Waals surface area contributed by atoms with E-state index in [1.165, 1.54) is 12.1 Å². The SMILES string of the molecule is O=C1C[C@H](c2ccccc2[N+](=O)[O-])[C@@H]2C(=O)NC(=O)[C@@H]2C1. The molecule has 2 amide bonds. The van der Waals surface area contributed by atoms with Gasteiger partial charge in [0.1, 0.15) is 5.78 Å². The molecule has 7 heteroatoms. The first-order chi connectivity index (χ1) is 9.99. The third-order valence-electron chi connectivity index (χ3n) is 4.18. The third-order valence-corrected chi connectivity index (χ3v) is 4.18. The fraction of sp³-hybridized carbons (Fsp3) is 0.357. The minimum atomic E-state index is -0.705. The van der Waals surface area contributed by atoms with Crippen LogP contribution in [0, 0.1) is 22.0 Å². The molecule has 1 saturated carbocycles. The van der Waals surface area contributed by atoms with Gasteiger partial charge in [-0.3, -0.25) is 29.8 Å². The highest BCUT2D eigenvalue weighted by Gasteiger charge is 2.51. The number of benzene rings is 1. The fourth-order valence-electron chi connectivity index (χ4n) is 3.30. The van der Waals surface area contributed by atoms with Gasteiger partial charge in [-0.1, -0.05) is 18.2 Å². The van der Waals surface area contributed by atoms with Crippen molar-refractivity contribution < 1.29 is 19.3 Å². The molecule has 2 aliphatic rings. The zero-order chi connectivity index (χ0) is 15.1. The maximum atomic E-state index is 12.0. The first-order valence-electron chi connectivity index (χ1n) is 6.58. The molecule has 1 aromatic carbocycles. The molecule has 0 aromatic heterocycles. The number of nitrogens with one attached hydrogen (secondary N) is 1. The molecule has 3 rings (SSSR count). The van der Waals surface area contributed by atoms with Crippen LogP contribution in [0.2, 0.25) is 0 Å². The summed E-state index contributed by atoms with van der Waals surface area (Å²) in [5, 5.41) is 13.4. The highest BCUT2D eigenvalue weighted by Crippen LogP contribution is 2.45.